The summed E-state index contributed by atoms with van der Waals surface area (Å²) in [5.41, 5.74) is -0.213. The van der Waals surface area contributed by atoms with Gasteiger partial charge in [-0.1, -0.05) is 0 Å². The predicted octanol–water partition coefficient (Wildman–Crippen LogP) is 1.41. The van der Waals surface area contributed by atoms with E-state index in [4.69, 9.17) is 12.6 Å². The molecule has 7 heavy (non-hydrogen) atoms. The van der Waals surface area contributed by atoms with Gasteiger partial charge in [-0.15, -0.1) is 0 Å². The predicted molar refractivity (Wildman–Crippen MR) is 35.4 cm³/mol. The van der Waals surface area contributed by atoms with Crippen LogP contribution in [0.3, 0.4) is 0 Å². The molecule has 0 aliphatic rings. The average molecular weight is 114 g/mol. The summed E-state index contributed by atoms with van der Waals surface area (Å²) >= 11 is 4.72. The van der Waals surface area contributed by atoms with E-state index in [2.05, 4.69) is 20.8 Å². The van der Waals surface area contributed by atoms with Crippen molar-refractivity contribution in [3.05, 3.63) is 20.8 Å². The molecule has 0 aromatic heterocycles. The van der Waals surface area contributed by atoms with Crippen LogP contribution in [0.1, 0.15) is 6.42 Å². The molecule has 0 saturated heterocycles. The number of rotatable bonds is 2. The van der Waals surface area contributed by atoms with Crippen molar-refractivity contribution < 1.29 is 0 Å². The molecule has 0 bridgehead atoms. The molecule has 0 N–H and O–H groups in total. The highest BCUT2D eigenvalue weighted by Crippen LogP contribution is 2.15. The van der Waals surface area contributed by atoms with Gasteiger partial charge in [0.1, 0.15) is 0 Å². The maximum absolute atomic E-state index is 4.72. The minimum atomic E-state index is -0.213. The molecule has 1 heteroatoms. The molecule has 0 aliphatic carbocycles. The third-order valence-electron chi connectivity index (χ3n) is 0.837. The molecule has 0 aromatic rings. The molecule has 0 spiro atoms. The molecule has 0 unspecified atom stereocenters. The Bertz CT molecular complexity index is 42.1. The van der Waals surface area contributed by atoms with Gasteiger partial charge in [0, 0.05) is 12.3 Å². The van der Waals surface area contributed by atoms with Crippen molar-refractivity contribution in [1.82, 2.24) is 0 Å². The molecule has 0 saturated carbocycles. The summed E-state index contributed by atoms with van der Waals surface area (Å²) in [6, 6.07) is 0. The van der Waals surface area contributed by atoms with Crippen LogP contribution >= 0.6 is 0 Å². The van der Waals surface area contributed by atoms with E-state index < -0.39 is 0 Å². The minimum Gasteiger partial charge on any atom is -0.791 e. The van der Waals surface area contributed by atoms with E-state index >= 15 is 0 Å². The minimum absolute atomic E-state index is 0.213. The van der Waals surface area contributed by atoms with E-state index in [1.54, 1.807) is 0 Å². The van der Waals surface area contributed by atoms with Crippen molar-refractivity contribution in [3.63, 3.8) is 0 Å². The second kappa shape index (κ2) is 2.41. The fourth-order valence-electron chi connectivity index (χ4n) is 0.0722. The Morgan fingerprint density at radius 2 is 2.14 bits per heavy atom. The largest absolute Gasteiger partial charge is 0.791 e. The molecule has 0 amide bonds. The topological polar surface area (TPSA) is 0 Å². The molecule has 0 radical (unpaired) electrons. The highest BCUT2D eigenvalue weighted by atomic mass is 32.1. The normalized spacial score (nSPS) is 18.6. The lowest BCUT2D eigenvalue weighted by Gasteiger charge is -2.22. The zero-order valence-corrected chi connectivity index (χ0v) is 5.26. The number of hydrogen-bond acceptors (Lipinski definition) is 1. The van der Waals surface area contributed by atoms with Gasteiger partial charge in [0.05, 0.1) is 13.3 Å². The molecular formula is C6H10S. The van der Waals surface area contributed by atoms with Crippen molar-refractivity contribution >= 4 is 12.6 Å². The van der Waals surface area contributed by atoms with Gasteiger partial charge in [-0.3, -0.25) is 6.92 Å². The second-order valence-electron chi connectivity index (χ2n) is 1.89. The van der Waals surface area contributed by atoms with Crippen LogP contribution in [0, 0.1) is 26.2 Å². The Labute approximate surface area is 51.7 Å². The Hall–Kier alpha value is 0.0900. The van der Waals surface area contributed by atoms with Crippen LogP contribution in [-0.2, 0) is 12.6 Å². The van der Waals surface area contributed by atoms with Crippen molar-refractivity contribution in [3.8, 4) is 0 Å². The fraction of sp³-hybridized carbons (Fsp3) is 0.500. The summed E-state index contributed by atoms with van der Waals surface area (Å²) < 4.78 is 0. The van der Waals surface area contributed by atoms with Gasteiger partial charge < -0.3 is 12.6 Å². The molecule has 40 valence electrons. The van der Waals surface area contributed by atoms with Crippen molar-refractivity contribution in [2.24, 2.45) is 5.41 Å². The lowest BCUT2D eigenvalue weighted by Crippen LogP contribution is -2.13. The summed E-state index contributed by atoms with van der Waals surface area (Å²) in [5.74, 6) is 0.594. The van der Waals surface area contributed by atoms with Gasteiger partial charge in [0.2, 0.25) is 0 Å². The van der Waals surface area contributed by atoms with Crippen LogP contribution in [0.15, 0.2) is 0 Å². The molecule has 0 rings (SSSR count). The Morgan fingerprint density at radius 1 is 1.71 bits per heavy atom. The SMILES string of the molecule is [CH2+]CC([CH2+])([CH2-])C[S-]. The van der Waals surface area contributed by atoms with Crippen LogP contribution in [0.4, 0.5) is 0 Å². The van der Waals surface area contributed by atoms with Crippen LogP contribution in [0.5, 0.6) is 0 Å². The third kappa shape index (κ3) is 2.75. The molecular weight excluding hydrogens is 104 g/mol. The lowest BCUT2D eigenvalue weighted by atomic mass is 9.93. The highest BCUT2D eigenvalue weighted by Gasteiger charge is 2.10. The van der Waals surface area contributed by atoms with Gasteiger partial charge in [-0.05, 0) is 0 Å². The first-order valence-electron chi connectivity index (χ1n) is 2.20. The molecule has 0 aliphatic heterocycles. The Kier molecular flexibility index (Phi) is 2.44. The molecule has 0 aromatic carbocycles. The highest BCUT2D eigenvalue weighted by molar-refractivity contribution is 7.58. The van der Waals surface area contributed by atoms with Crippen molar-refractivity contribution in [2.75, 3.05) is 5.75 Å². The third-order valence-corrected chi connectivity index (χ3v) is 1.45. The van der Waals surface area contributed by atoms with Crippen LogP contribution < -0.4 is 0 Å². The van der Waals surface area contributed by atoms with E-state index in [0.717, 1.165) is 6.42 Å². The summed E-state index contributed by atoms with van der Waals surface area (Å²) in [7, 11) is 0. The van der Waals surface area contributed by atoms with Gasteiger partial charge in [0.15, 0.2) is 0 Å². The number of hydrogen-bond donors (Lipinski definition) is 0. The van der Waals surface area contributed by atoms with Gasteiger partial charge >= 0.3 is 0 Å². The lowest BCUT2D eigenvalue weighted by molar-refractivity contribution is 0.562. The van der Waals surface area contributed by atoms with Crippen LogP contribution in [0.2, 0.25) is 0 Å². The standard InChI is InChI=1S/C6H10S/c1-4-6(2,3)5-7/h1-5H2. The van der Waals surface area contributed by atoms with E-state index in [1.165, 1.54) is 0 Å². The smallest absolute Gasteiger partial charge is 0.0999 e. The van der Waals surface area contributed by atoms with E-state index in [-0.39, 0.29) is 5.41 Å². The summed E-state index contributed by atoms with van der Waals surface area (Å²) in [6.07, 6.45) is 0.719. The van der Waals surface area contributed by atoms with Crippen LogP contribution in [-0.4, -0.2) is 5.75 Å². The van der Waals surface area contributed by atoms with E-state index in [0.29, 0.717) is 5.75 Å². The monoisotopic (exact) mass is 114 g/mol. The Balaban J connectivity index is 3.36. The first-order valence-corrected chi connectivity index (χ1v) is 2.78. The van der Waals surface area contributed by atoms with Gasteiger partial charge in [-0.2, -0.15) is 5.75 Å². The Morgan fingerprint density at radius 3 is 2.14 bits per heavy atom. The summed E-state index contributed by atoms with van der Waals surface area (Å²) in [6.45, 7) is 11.1. The zero-order valence-electron chi connectivity index (χ0n) is 4.44. The molecule has 0 atom stereocenters. The fourth-order valence-corrected chi connectivity index (χ4v) is 0.217. The van der Waals surface area contributed by atoms with Crippen molar-refractivity contribution in [1.29, 1.82) is 0 Å². The quantitative estimate of drug-likeness (QED) is 0.386. The molecule has 0 fully saturated rings. The molecule has 0 nitrogen and oxygen atoms in total. The first-order chi connectivity index (χ1) is 3.12. The van der Waals surface area contributed by atoms with E-state index in [1.807, 2.05) is 0 Å². The zero-order chi connectivity index (χ0) is 5.91. The summed E-state index contributed by atoms with van der Waals surface area (Å²) in [4.78, 5) is 0. The maximum atomic E-state index is 4.72. The second-order valence-corrected chi connectivity index (χ2v) is 2.18. The summed E-state index contributed by atoms with van der Waals surface area (Å²) in [5, 5.41) is 0. The van der Waals surface area contributed by atoms with Crippen molar-refractivity contribution in [2.45, 2.75) is 6.42 Å². The average Bonchev–Trinajstić information content (AvgIpc) is 1.68. The molecule has 0 heterocycles. The van der Waals surface area contributed by atoms with Gasteiger partial charge in [0.25, 0.3) is 0 Å². The maximum Gasteiger partial charge on any atom is 0.0999 e. The van der Waals surface area contributed by atoms with Gasteiger partial charge in [-0.25, -0.2) is 0 Å². The van der Waals surface area contributed by atoms with E-state index in [9.17, 15) is 0 Å². The first kappa shape index (κ1) is 7.09. The van der Waals surface area contributed by atoms with Crippen LogP contribution in [0.25, 0.3) is 0 Å².